The van der Waals surface area contributed by atoms with Crippen molar-refractivity contribution >= 4 is 21.4 Å². The number of rotatable bonds is 4. The zero-order valence-corrected chi connectivity index (χ0v) is 15.7. The van der Waals surface area contributed by atoms with Gasteiger partial charge in [0.15, 0.2) is 11.5 Å². The molecule has 27 heavy (non-hydrogen) atoms. The summed E-state index contributed by atoms with van der Waals surface area (Å²) in [5.74, 6) is 1.03. The average molecular weight is 390 g/mol. The Balaban J connectivity index is 1.62. The van der Waals surface area contributed by atoms with Gasteiger partial charge in [0.2, 0.25) is 0 Å². The number of hydrogen-bond acceptors (Lipinski definition) is 6. The van der Waals surface area contributed by atoms with E-state index in [4.69, 9.17) is 14.2 Å². The fourth-order valence-electron chi connectivity index (χ4n) is 3.15. The third-order valence-corrected chi connectivity index (χ3v) is 5.89. The summed E-state index contributed by atoms with van der Waals surface area (Å²) in [5.41, 5.74) is 1.39. The Kier molecular flexibility index (Phi) is 5.09. The van der Waals surface area contributed by atoms with E-state index in [-0.39, 0.29) is 4.90 Å². The lowest BCUT2D eigenvalue weighted by molar-refractivity contribution is 0.123. The second-order valence-electron chi connectivity index (χ2n) is 6.38. The number of nitrogens with zero attached hydrogens (tertiary/aromatic N) is 1. The third-order valence-electron chi connectivity index (χ3n) is 4.53. The van der Waals surface area contributed by atoms with Crippen molar-refractivity contribution < 1.29 is 22.6 Å². The fraction of sp³-hybridized carbons (Fsp3) is 0.368. The molecule has 0 radical (unpaired) electrons. The monoisotopic (exact) mass is 390 g/mol. The molecular formula is C19H22N2O5S. The van der Waals surface area contributed by atoms with Crippen LogP contribution in [0, 0.1) is 0 Å². The first-order chi connectivity index (χ1) is 13.1. The van der Waals surface area contributed by atoms with Crippen LogP contribution in [-0.2, 0) is 14.8 Å². The highest BCUT2D eigenvalue weighted by Gasteiger charge is 2.22. The molecule has 0 amide bonds. The van der Waals surface area contributed by atoms with Gasteiger partial charge in [0.05, 0.1) is 42.7 Å². The van der Waals surface area contributed by atoms with E-state index in [1.54, 1.807) is 12.1 Å². The van der Waals surface area contributed by atoms with Gasteiger partial charge in [0.1, 0.15) is 0 Å². The number of para-hydroxylation sites is 2. The topological polar surface area (TPSA) is 77.1 Å². The Labute approximate surface area is 158 Å². The number of anilines is 2. The van der Waals surface area contributed by atoms with Crippen molar-refractivity contribution in [3.05, 3.63) is 42.5 Å². The molecule has 0 spiro atoms. The molecule has 0 saturated carbocycles. The molecule has 1 fully saturated rings. The van der Waals surface area contributed by atoms with Crippen LogP contribution in [0.4, 0.5) is 11.4 Å². The number of sulfonamides is 1. The summed E-state index contributed by atoms with van der Waals surface area (Å²) in [6, 6.07) is 12.1. The molecule has 7 nitrogen and oxygen atoms in total. The quantitative estimate of drug-likeness (QED) is 0.864. The van der Waals surface area contributed by atoms with Crippen molar-refractivity contribution in [2.24, 2.45) is 0 Å². The standard InChI is InChI=1S/C19H22N2O5S/c22-27(23,15-6-7-18-19(14-15)26-11-3-10-25-18)20-16-4-1-2-5-17(16)21-8-12-24-13-9-21/h1-2,4-7,14,20H,3,8-13H2. The van der Waals surface area contributed by atoms with Crippen LogP contribution in [0.25, 0.3) is 0 Å². The van der Waals surface area contributed by atoms with E-state index in [0.29, 0.717) is 43.6 Å². The molecule has 0 aromatic heterocycles. The molecule has 2 heterocycles. The van der Waals surface area contributed by atoms with Crippen LogP contribution >= 0.6 is 0 Å². The highest BCUT2D eigenvalue weighted by Crippen LogP contribution is 2.34. The maximum atomic E-state index is 13.0. The van der Waals surface area contributed by atoms with E-state index < -0.39 is 10.0 Å². The lowest BCUT2D eigenvalue weighted by atomic mass is 10.2. The highest BCUT2D eigenvalue weighted by molar-refractivity contribution is 7.92. The number of nitrogens with one attached hydrogen (secondary N) is 1. The van der Waals surface area contributed by atoms with Crippen molar-refractivity contribution in [3.8, 4) is 11.5 Å². The number of morpholine rings is 1. The molecule has 1 N–H and O–H groups in total. The van der Waals surface area contributed by atoms with E-state index in [1.807, 2.05) is 18.2 Å². The van der Waals surface area contributed by atoms with E-state index >= 15 is 0 Å². The van der Waals surface area contributed by atoms with Crippen molar-refractivity contribution in [2.75, 3.05) is 49.1 Å². The lowest BCUT2D eigenvalue weighted by Gasteiger charge is -2.30. The molecule has 0 atom stereocenters. The lowest BCUT2D eigenvalue weighted by Crippen LogP contribution is -2.36. The smallest absolute Gasteiger partial charge is 0.262 e. The Morgan fingerprint density at radius 3 is 2.44 bits per heavy atom. The molecule has 144 valence electrons. The van der Waals surface area contributed by atoms with Crippen LogP contribution in [0.2, 0.25) is 0 Å². The average Bonchev–Trinajstić information content (AvgIpc) is 2.93. The van der Waals surface area contributed by atoms with Gasteiger partial charge in [-0.2, -0.15) is 0 Å². The summed E-state index contributed by atoms with van der Waals surface area (Å²) in [4.78, 5) is 2.26. The molecule has 1 saturated heterocycles. The zero-order chi connectivity index (χ0) is 18.7. The number of ether oxygens (including phenoxy) is 3. The normalized spacial score (nSPS) is 17.3. The summed E-state index contributed by atoms with van der Waals surface area (Å²) in [7, 11) is -3.76. The Morgan fingerprint density at radius 2 is 1.63 bits per heavy atom. The van der Waals surface area contributed by atoms with Gasteiger partial charge < -0.3 is 19.1 Å². The van der Waals surface area contributed by atoms with Crippen LogP contribution < -0.4 is 19.1 Å². The van der Waals surface area contributed by atoms with Crippen LogP contribution in [0.15, 0.2) is 47.4 Å². The molecule has 0 bridgehead atoms. The van der Waals surface area contributed by atoms with Gasteiger partial charge in [-0.25, -0.2) is 8.42 Å². The van der Waals surface area contributed by atoms with E-state index in [9.17, 15) is 8.42 Å². The summed E-state index contributed by atoms with van der Waals surface area (Å²) < 4.78 is 45.2. The Bertz CT molecular complexity index is 910. The molecule has 2 aromatic rings. The summed E-state index contributed by atoms with van der Waals surface area (Å²) in [5, 5.41) is 0. The molecule has 2 aromatic carbocycles. The summed E-state index contributed by atoms with van der Waals surface area (Å²) in [6.07, 6.45) is 0.766. The predicted octanol–water partition coefficient (Wildman–Crippen LogP) is 2.49. The van der Waals surface area contributed by atoms with Gasteiger partial charge in [0.25, 0.3) is 10.0 Å². The number of fused-ring (bicyclic) bond motifs is 1. The van der Waals surface area contributed by atoms with Gasteiger partial charge in [0, 0.05) is 25.6 Å². The molecular weight excluding hydrogens is 368 g/mol. The fourth-order valence-corrected chi connectivity index (χ4v) is 4.24. The summed E-state index contributed by atoms with van der Waals surface area (Å²) >= 11 is 0. The van der Waals surface area contributed by atoms with E-state index in [1.165, 1.54) is 12.1 Å². The zero-order valence-electron chi connectivity index (χ0n) is 14.9. The van der Waals surface area contributed by atoms with Crippen molar-refractivity contribution in [1.29, 1.82) is 0 Å². The third kappa shape index (κ3) is 3.96. The summed E-state index contributed by atoms with van der Waals surface area (Å²) in [6.45, 7) is 3.77. The van der Waals surface area contributed by atoms with Crippen LogP contribution in [0.5, 0.6) is 11.5 Å². The molecule has 0 unspecified atom stereocenters. The second-order valence-corrected chi connectivity index (χ2v) is 8.06. The van der Waals surface area contributed by atoms with Crippen molar-refractivity contribution in [1.82, 2.24) is 0 Å². The van der Waals surface area contributed by atoms with Gasteiger partial charge >= 0.3 is 0 Å². The van der Waals surface area contributed by atoms with Crippen molar-refractivity contribution in [3.63, 3.8) is 0 Å². The van der Waals surface area contributed by atoms with Gasteiger partial charge in [-0.15, -0.1) is 0 Å². The molecule has 2 aliphatic heterocycles. The van der Waals surface area contributed by atoms with Gasteiger partial charge in [-0.1, -0.05) is 12.1 Å². The Hall–Kier alpha value is -2.45. The van der Waals surface area contributed by atoms with E-state index in [2.05, 4.69) is 9.62 Å². The minimum absolute atomic E-state index is 0.142. The minimum atomic E-state index is -3.76. The first-order valence-corrected chi connectivity index (χ1v) is 10.5. The van der Waals surface area contributed by atoms with Gasteiger partial charge in [-0.05, 0) is 24.3 Å². The number of hydrogen-bond donors (Lipinski definition) is 1. The van der Waals surface area contributed by atoms with Crippen LogP contribution in [0.3, 0.4) is 0 Å². The first-order valence-electron chi connectivity index (χ1n) is 8.98. The highest BCUT2D eigenvalue weighted by atomic mass is 32.2. The SMILES string of the molecule is O=S(=O)(Nc1ccccc1N1CCOCC1)c1ccc2c(c1)OCCCO2. The molecule has 0 aliphatic carbocycles. The molecule has 4 rings (SSSR count). The van der Waals surface area contributed by atoms with Crippen LogP contribution in [0.1, 0.15) is 6.42 Å². The second kappa shape index (κ2) is 7.66. The van der Waals surface area contributed by atoms with Crippen LogP contribution in [-0.4, -0.2) is 47.9 Å². The maximum Gasteiger partial charge on any atom is 0.262 e. The number of benzene rings is 2. The largest absolute Gasteiger partial charge is 0.490 e. The Morgan fingerprint density at radius 1 is 0.889 bits per heavy atom. The minimum Gasteiger partial charge on any atom is -0.490 e. The van der Waals surface area contributed by atoms with Crippen molar-refractivity contribution in [2.45, 2.75) is 11.3 Å². The molecule has 2 aliphatic rings. The molecule has 8 heteroatoms. The van der Waals surface area contributed by atoms with Gasteiger partial charge in [-0.3, -0.25) is 4.72 Å². The maximum absolute atomic E-state index is 13.0. The first kappa shape index (κ1) is 17.9. The van der Waals surface area contributed by atoms with E-state index in [0.717, 1.165) is 25.2 Å². The predicted molar refractivity (Wildman–Crippen MR) is 102 cm³/mol.